The van der Waals surface area contributed by atoms with Crippen molar-refractivity contribution in [3.8, 4) is 0 Å². The van der Waals surface area contributed by atoms with E-state index in [1.807, 2.05) is 24.3 Å². The lowest BCUT2D eigenvalue weighted by Gasteiger charge is -2.11. The topological polar surface area (TPSA) is 145 Å². The van der Waals surface area contributed by atoms with Crippen LogP contribution in [-0.4, -0.2) is 31.5 Å². The summed E-state index contributed by atoms with van der Waals surface area (Å²) in [4.78, 5) is 39.8. The number of amides is 2. The molecule has 34 heavy (non-hydrogen) atoms. The minimum absolute atomic E-state index is 0.0292. The monoisotopic (exact) mass is 564 g/mol. The van der Waals surface area contributed by atoms with Crippen molar-refractivity contribution in [1.82, 2.24) is 25.6 Å². The van der Waals surface area contributed by atoms with Gasteiger partial charge in [0.25, 0.3) is 5.91 Å². The standard InChI is InChI=1S/C20H17BrN6O5S2/c1-10-16(21)17(27(30)31)25-26(10)11(2)18(28)23-24-19(29)14-8-7-12(32-14)9-33-20-22-13-5-3-4-6-15(13)34-20/h3-8,11H,9H2,1-2H3,(H,23,28)(H,24,29)/t11-/m0/s1. The van der Waals surface area contributed by atoms with Crippen molar-refractivity contribution < 1.29 is 18.9 Å². The number of para-hydroxylation sites is 1. The lowest BCUT2D eigenvalue weighted by Crippen LogP contribution is -2.44. The quantitative estimate of drug-likeness (QED) is 0.191. The molecule has 1 atom stereocenters. The summed E-state index contributed by atoms with van der Waals surface area (Å²) in [6, 6.07) is 10.1. The average molecular weight is 565 g/mol. The van der Waals surface area contributed by atoms with Gasteiger partial charge in [0.05, 0.1) is 26.8 Å². The van der Waals surface area contributed by atoms with E-state index < -0.39 is 28.6 Å². The molecular formula is C20H17BrN6O5S2. The fraction of sp³-hybridized carbons (Fsp3) is 0.200. The van der Waals surface area contributed by atoms with E-state index >= 15 is 0 Å². The van der Waals surface area contributed by atoms with Gasteiger partial charge in [-0.25, -0.2) is 4.98 Å². The van der Waals surface area contributed by atoms with Crippen LogP contribution < -0.4 is 10.9 Å². The molecule has 2 N–H and O–H groups in total. The Kier molecular flexibility index (Phi) is 7.00. The lowest BCUT2D eigenvalue weighted by atomic mass is 10.3. The number of thioether (sulfide) groups is 1. The molecule has 0 fully saturated rings. The first-order valence-electron chi connectivity index (χ1n) is 9.81. The number of furan rings is 1. The molecule has 14 heteroatoms. The SMILES string of the molecule is Cc1c(Br)c([N+](=O)[O-])nn1[C@@H](C)C(=O)NNC(=O)c1ccc(CSc2nc3ccccc3s2)o1. The molecule has 0 spiro atoms. The molecule has 0 aliphatic carbocycles. The van der Waals surface area contributed by atoms with E-state index in [1.54, 1.807) is 24.3 Å². The van der Waals surface area contributed by atoms with Gasteiger partial charge in [-0.15, -0.1) is 11.3 Å². The minimum Gasteiger partial charge on any atom is -0.455 e. The summed E-state index contributed by atoms with van der Waals surface area (Å²) >= 11 is 6.19. The zero-order valence-corrected chi connectivity index (χ0v) is 21.0. The number of rotatable bonds is 7. The fourth-order valence-electron chi connectivity index (χ4n) is 3.00. The van der Waals surface area contributed by atoms with Crippen LogP contribution in [0.2, 0.25) is 0 Å². The highest BCUT2D eigenvalue weighted by Gasteiger charge is 2.29. The highest BCUT2D eigenvalue weighted by molar-refractivity contribution is 9.10. The van der Waals surface area contributed by atoms with Gasteiger partial charge in [-0.3, -0.25) is 20.4 Å². The minimum atomic E-state index is -0.914. The van der Waals surface area contributed by atoms with Crippen LogP contribution in [0.5, 0.6) is 0 Å². The first-order chi connectivity index (χ1) is 16.2. The Bertz CT molecular complexity index is 1360. The van der Waals surface area contributed by atoms with Crippen molar-refractivity contribution in [2.45, 2.75) is 30.0 Å². The van der Waals surface area contributed by atoms with Crippen LogP contribution in [0.4, 0.5) is 5.82 Å². The number of hydrazine groups is 1. The van der Waals surface area contributed by atoms with E-state index in [0.29, 0.717) is 17.2 Å². The molecule has 0 radical (unpaired) electrons. The van der Waals surface area contributed by atoms with E-state index in [9.17, 15) is 19.7 Å². The summed E-state index contributed by atoms with van der Waals surface area (Å²) in [6.07, 6.45) is 0. The summed E-state index contributed by atoms with van der Waals surface area (Å²) in [5.74, 6) is -0.545. The van der Waals surface area contributed by atoms with E-state index in [1.165, 1.54) is 29.4 Å². The number of nitro groups is 1. The number of hydrogen-bond donors (Lipinski definition) is 2. The molecular weight excluding hydrogens is 548 g/mol. The number of aromatic nitrogens is 3. The van der Waals surface area contributed by atoms with Crippen molar-refractivity contribution in [2.24, 2.45) is 0 Å². The number of carbonyl (C=O) groups is 2. The predicted octanol–water partition coefficient (Wildman–Crippen LogP) is 4.38. The Morgan fingerprint density at radius 2 is 2.06 bits per heavy atom. The smallest absolute Gasteiger partial charge is 0.404 e. The van der Waals surface area contributed by atoms with Crippen molar-refractivity contribution in [3.63, 3.8) is 0 Å². The third kappa shape index (κ3) is 4.98. The molecule has 176 valence electrons. The summed E-state index contributed by atoms with van der Waals surface area (Å²) in [5, 5.41) is 14.9. The molecule has 4 aromatic rings. The molecule has 3 aromatic heterocycles. The maximum atomic E-state index is 12.4. The van der Waals surface area contributed by atoms with Gasteiger partial charge in [0, 0.05) is 0 Å². The van der Waals surface area contributed by atoms with Gasteiger partial charge in [0.15, 0.2) is 16.1 Å². The zero-order chi connectivity index (χ0) is 24.4. The number of halogens is 1. The van der Waals surface area contributed by atoms with Crippen molar-refractivity contribution in [2.75, 3.05) is 0 Å². The van der Waals surface area contributed by atoms with Gasteiger partial charge < -0.3 is 14.5 Å². The highest BCUT2D eigenvalue weighted by Crippen LogP contribution is 2.32. The first-order valence-corrected chi connectivity index (χ1v) is 12.4. The van der Waals surface area contributed by atoms with Crippen molar-refractivity contribution in [3.05, 3.63) is 68.2 Å². The molecule has 0 unspecified atom stereocenters. The zero-order valence-electron chi connectivity index (χ0n) is 17.8. The summed E-state index contributed by atoms with van der Waals surface area (Å²) in [6.45, 7) is 3.09. The Labute approximate surface area is 209 Å². The Morgan fingerprint density at radius 1 is 1.29 bits per heavy atom. The molecule has 3 heterocycles. The molecule has 0 bridgehead atoms. The number of benzene rings is 1. The Balaban J connectivity index is 1.32. The van der Waals surface area contributed by atoms with Gasteiger partial charge >= 0.3 is 11.7 Å². The number of carbonyl (C=O) groups excluding carboxylic acids is 2. The van der Waals surface area contributed by atoms with Gasteiger partial charge in [-0.1, -0.05) is 23.9 Å². The van der Waals surface area contributed by atoms with E-state index in [2.05, 4.69) is 36.9 Å². The molecule has 1 aromatic carbocycles. The molecule has 2 amide bonds. The number of thiazole rings is 1. The van der Waals surface area contributed by atoms with Crippen LogP contribution in [-0.2, 0) is 10.5 Å². The van der Waals surface area contributed by atoms with Gasteiger partial charge in [0.1, 0.15) is 10.2 Å². The molecule has 0 saturated heterocycles. The number of fused-ring (bicyclic) bond motifs is 1. The largest absolute Gasteiger partial charge is 0.455 e. The van der Waals surface area contributed by atoms with Crippen LogP contribution in [0, 0.1) is 17.0 Å². The van der Waals surface area contributed by atoms with Crippen LogP contribution in [0.1, 0.15) is 35.0 Å². The number of hydrogen-bond acceptors (Lipinski definition) is 9. The maximum Gasteiger partial charge on any atom is 0.404 e. The Morgan fingerprint density at radius 3 is 2.76 bits per heavy atom. The summed E-state index contributed by atoms with van der Waals surface area (Å²) in [5.41, 5.74) is 5.91. The van der Waals surface area contributed by atoms with Crippen LogP contribution >= 0.6 is 39.0 Å². The lowest BCUT2D eigenvalue weighted by molar-refractivity contribution is -0.390. The van der Waals surface area contributed by atoms with Crippen LogP contribution in [0.15, 0.2) is 49.6 Å². The molecule has 4 rings (SSSR count). The summed E-state index contributed by atoms with van der Waals surface area (Å²) in [7, 11) is 0. The van der Waals surface area contributed by atoms with E-state index in [0.717, 1.165) is 14.6 Å². The van der Waals surface area contributed by atoms with Gasteiger partial charge in [-0.2, -0.15) is 4.68 Å². The van der Waals surface area contributed by atoms with Gasteiger partial charge in [-0.05, 0) is 59.0 Å². The van der Waals surface area contributed by atoms with Crippen molar-refractivity contribution in [1.29, 1.82) is 0 Å². The van der Waals surface area contributed by atoms with E-state index in [4.69, 9.17) is 4.42 Å². The second-order valence-electron chi connectivity index (χ2n) is 7.05. The van der Waals surface area contributed by atoms with Crippen molar-refractivity contribution >= 4 is 66.9 Å². The predicted molar refractivity (Wildman–Crippen MR) is 130 cm³/mol. The van der Waals surface area contributed by atoms with E-state index in [-0.39, 0.29) is 10.2 Å². The second kappa shape index (κ2) is 9.95. The molecule has 0 saturated carbocycles. The summed E-state index contributed by atoms with van der Waals surface area (Å²) < 4.78 is 8.96. The molecule has 0 aliphatic rings. The molecule has 0 aliphatic heterocycles. The first kappa shape index (κ1) is 23.9. The second-order valence-corrected chi connectivity index (χ2v) is 10.1. The maximum absolute atomic E-state index is 12.4. The third-order valence-corrected chi connectivity index (χ3v) is 7.91. The normalized spacial score (nSPS) is 12.0. The van der Waals surface area contributed by atoms with Gasteiger partial charge in [0.2, 0.25) is 0 Å². The molecule has 11 nitrogen and oxygen atoms in total. The van der Waals surface area contributed by atoms with Crippen LogP contribution in [0.3, 0.4) is 0 Å². The fourth-order valence-corrected chi connectivity index (χ4v) is 5.36. The van der Waals surface area contributed by atoms with Crippen LogP contribution in [0.25, 0.3) is 10.2 Å². The third-order valence-electron chi connectivity index (χ3n) is 4.78. The highest BCUT2D eigenvalue weighted by atomic mass is 79.9. The average Bonchev–Trinajstić information content (AvgIpc) is 3.53. The number of nitrogens with one attached hydrogen (secondary N) is 2. The number of nitrogens with zero attached hydrogens (tertiary/aromatic N) is 4. The Hall–Kier alpha value is -3.23.